The van der Waals surface area contributed by atoms with Gasteiger partial charge in [0.15, 0.2) is 11.6 Å². The zero-order valence-corrected chi connectivity index (χ0v) is 17.0. The molecule has 3 atom stereocenters. The van der Waals surface area contributed by atoms with Gasteiger partial charge < -0.3 is 24.8 Å². The van der Waals surface area contributed by atoms with Crippen molar-refractivity contribution in [3.63, 3.8) is 0 Å². The normalized spacial score (nSPS) is 21.2. The smallest absolute Gasteiger partial charge is 0.416 e. The Morgan fingerprint density at radius 2 is 1.72 bits per heavy atom. The van der Waals surface area contributed by atoms with Gasteiger partial charge in [-0.25, -0.2) is 8.78 Å². The van der Waals surface area contributed by atoms with Crippen LogP contribution in [-0.4, -0.2) is 47.5 Å². The minimum atomic E-state index is -4.47. The van der Waals surface area contributed by atoms with E-state index >= 15 is 0 Å². The molecule has 1 fully saturated rings. The van der Waals surface area contributed by atoms with Gasteiger partial charge in [0.25, 0.3) is 0 Å². The van der Waals surface area contributed by atoms with Crippen LogP contribution in [0.15, 0.2) is 36.4 Å². The van der Waals surface area contributed by atoms with Gasteiger partial charge >= 0.3 is 6.18 Å². The molecule has 0 aromatic heterocycles. The highest BCUT2D eigenvalue weighted by atomic mass is 19.4. The fraction of sp³-hybridized carbons (Fsp3) is 0.364. The third kappa shape index (κ3) is 6.99. The highest BCUT2D eigenvalue weighted by Gasteiger charge is 2.31. The Morgan fingerprint density at radius 1 is 1.06 bits per heavy atom. The van der Waals surface area contributed by atoms with Gasteiger partial charge in [0.1, 0.15) is 5.82 Å². The van der Waals surface area contributed by atoms with Crippen LogP contribution in [-0.2, 0) is 10.9 Å². The highest BCUT2D eigenvalue weighted by Crippen LogP contribution is 2.32. The van der Waals surface area contributed by atoms with E-state index in [0.29, 0.717) is 11.6 Å². The number of aliphatic hydroxyl groups is 3. The van der Waals surface area contributed by atoms with Gasteiger partial charge in [-0.15, -0.1) is 0 Å². The van der Waals surface area contributed by atoms with E-state index in [0.717, 1.165) is 25.3 Å². The Labute approximate surface area is 181 Å². The maximum Gasteiger partial charge on any atom is 0.416 e. The molecule has 0 spiro atoms. The van der Waals surface area contributed by atoms with Gasteiger partial charge in [0.2, 0.25) is 6.29 Å². The average Bonchev–Trinajstić information content (AvgIpc) is 2.75. The second-order valence-corrected chi connectivity index (χ2v) is 6.87. The Kier molecular flexibility index (Phi) is 9.14. The summed E-state index contributed by atoms with van der Waals surface area (Å²) in [5.41, 5.74) is -0.438. The van der Waals surface area contributed by atoms with Crippen molar-refractivity contribution in [1.82, 2.24) is 0 Å². The van der Waals surface area contributed by atoms with Gasteiger partial charge in [-0.05, 0) is 23.8 Å². The molecule has 10 heteroatoms. The molecule has 3 N–H and O–H groups in total. The van der Waals surface area contributed by atoms with Crippen LogP contribution in [0.4, 0.5) is 22.0 Å². The van der Waals surface area contributed by atoms with Crippen molar-refractivity contribution in [3.8, 4) is 5.75 Å². The molecule has 2 aromatic rings. The maximum absolute atomic E-state index is 14.4. The fourth-order valence-electron chi connectivity index (χ4n) is 3.07. The van der Waals surface area contributed by atoms with E-state index in [1.54, 1.807) is 0 Å². The second kappa shape index (κ2) is 11.4. The van der Waals surface area contributed by atoms with Crippen molar-refractivity contribution in [2.45, 2.75) is 37.5 Å². The number of benzene rings is 2. The summed E-state index contributed by atoms with van der Waals surface area (Å²) in [6.07, 6.45) is -4.14. The summed E-state index contributed by atoms with van der Waals surface area (Å²) in [6.45, 7) is -0.358. The molecule has 0 radical (unpaired) electrons. The topological polar surface area (TPSA) is 79.2 Å². The zero-order valence-electron chi connectivity index (χ0n) is 17.0. The maximum atomic E-state index is 14.4. The van der Waals surface area contributed by atoms with Crippen LogP contribution in [0.2, 0.25) is 0 Å². The predicted octanol–water partition coefficient (Wildman–Crippen LogP) is 4.00. The first-order valence-corrected chi connectivity index (χ1v) is 9.56. The van der Waals surface area contributed by atoms with E-state index in [2.05, 4.69) is 0 Å². The first-order valence-electron chi connectivity index (χ1n) is 9.56. The summed E-state index contributed by atoms with van der Waals surface area (Å²) < 4.78 is 77.0. The fourth-order valence-corrected chi connectivity index (χ4v) is 3.07. The van der Waals surface area contributed by atoms with Crippen molar-refractivity contribution in [3.05, 3.63) is 64.7 Å². The minimum Gasteiger partial charge on any atom is -0.461 e. The van der Waals surface area contributed by atoms with Crippen LogP contribution in [0.3, 0.4) is 0 Å². The molecule has 1 heterocycles. The van der Waals surface area contributed by atoms with E-state index in [4.69, 9.17) is 14.6 Å². The largest absolute Gasteiger partial charge is 0.461 e. The van der Waals surface area contributed by atoms with E-state index in [1.807, 2.05) is 0 Å². The number of aliphatic hydroxyl groups excluding tert-OH is 3. The predicted molar refractivity (Wildman–Crippen MR) is 106 cm³/mol. The molecule has 3 unspecified atom stereocenters. The molecule has 3 rings (SSSR count). The Balaban J connectivity index is 0.00000176. The molecule has 1 aliphatic heterocycles. The molecule has 0 amide bonds. The van der Waals surface area contributed by atoms with Crippen molar-refractivity contribution >= 4 is 12.2 Å². The number of ether oxygens (including phenoxy) is 2. The molecule has 0 saturated carbocycles. The summed E-state index contributed by atoms with van der Waals surface area (Å²) in [6, 6.07) is 5.87. The number of halogens is 5. The molecule has 0 bridgehead atoms. The number of hydrogen-bond donors (Lipinski definition) is 3. The summed E-state index contributed by atoms with van der Waals surface area (Å²) in [7, 11) is 1.00. The quantitative estimate of drug-likeness (QED) is 0.463. The van der Waals surface area contributed by atoms with E-state index < -0.39 is 41.9 Å². The summed E-state index contributed by atoms with van der Waals surface area (Å²) in [5.74, 6) is -2.22. The number of rotatable bonds is 5. The highest BCUT2D eigenvalue weighted by molar-refractivity contribution is 5.72. The van der Waals surface area contributed by atoms with Crippen molar-refractivity contribution in [2.24, 2.45) is 0 Å². The minimum absolute atomic E-state index is 0.00314. The lowest BCUT2D eigenvalue weighted by Gasteiger charge is -2.32. The van der Waals surface area contributed by atoms with Gasteiger partial charge in [-0.3, -0.25) is 0 Å². The van der Waals surface area contributed by atoms with Crippen LogP contribution in [0.25, 0.3) is 12.2 Å². The van der Waals surface area contributed by atoms with Crippen LogP contribution in [0.1, 0.15) is 29.5 Å². The van der Waals surface area contributed by atoms with E-state index in [1.165, 1.54) is 24.3 Å². The molecular weight excluding hydrogens is 439 g/mol. The Hall–Kier alpha value is -2.53. The Morgan fingerprint density at radius 3 is 2.31 bits per heavy atom. The van der Waals surface area contributed by atoms with Crippen LogP contribution in [0.5, 0.6) is 5.75 Å². The molecule has 2 aromatic carbocycles. The molecule has 5 nitrogen and oxygen atoms in total. The van der Waals surface area contributed by atoms with E-state index in [-0.39, 0.29) is 30.8 Å². The van der Waals surface area contributed by atoms with Gasteiger partial charge in [0.05, 0.1) is 24.4 Å². The average molecular weight is 462 g/mol. The zero-order chi connectivity index (χ0) is 23.9. The van der Waals surface area contributed by atoms with Crippen molar-refractivity contribution in [2.75, 3.05) is 13.7 Å². The first kappa shape index (κ1) is 25.7. The second-order valence-electron chi connectivity index (χ2n) is 6.87. The van der Waals surface area contributed by atoms with Crippen molar-refractivity contribution < 1.29 is 46.7 Å². The summed E-state index contributed by atoms with van der Waals surface area (Å²) >= 11 is 0. The number of alkyl halides is 3. The molecule has 32 heavy (non-hydrogen) atoms. The molecule has 0 aliphatic carbocycles. The van der Waals surface area contributed by atoms with Crippen LogP contribution in [0, 0.1) is 11.6 Å². The van der Waals surface area contributed by atoms with Crippen LogP contribution >= 0.6 is 0 Å². The first-order chi connectivity index (χ1) is 15.2. The summed E-state index contributed by atoms with van der Waals surface area (Å²) in [4.78, 5) is 0. The number of hydrogen-bond acceptors (Lipinski definition) is 5. The molecule has 176 valence electrons. The molecule has 1 aliphatic rings. The Bertz CT molecular complexity index is 899. The van der Waals surface area contributed by atoms with Crippen LogP contribution < -0.4 is 4.74 Å². The van der Waals surface area contributed by atoms with Gasteiger partial charge in [-0.2, -0.15) is 13.2 Å². The van der Waals surface area contributed by atoms with Crippen molar-refractivity contribution in [1.29, 1.82) is 0 Å². The lowest BCUT2D eigenvalue weighted by molar-refractivity contribution is -0.185. The standard InChI is InChI=1S/C21H19F5O4.CH4O/c22-15-7-13(4-1-12-2-5-14(6-3-12)21(24,25)26)20(18(23)8-15)30-19-10-16(28)9-17(11-27)29-19;1-2/h1-8,16-17,19,27-28H,9-11H2;2H,1H3/b4-1+;. The van der Waals surface area contributed by atoms with Gasteiger partial charge in [-0.1, -0.05) is 24.3 Å². The lowest BCUT2D eigenvalue weighted by atomic mass is 10.1. The third-order valence-electron chi connectivity index (χ3n) is 4.53. The lowest BCUT2D eigenvalue weighted by Crippen LogP contribution is -2.40. The SMILES string of the molecule is CO.OCC1CC(O)CC(Oc2c(F)cc(F)cc2/C=C/c2ccc(C(F)(F)F)cc2)O1. The van der Waals surface area contributed by atoms with Gasteiger partial charge in [0, 0.05) is 31.6 Å². The monoisotopic (exact) mass is 462 g/mol. The summed E-state index contributed by atoms with van der Waals surface area (Å²) in [5, 5.41) is 26.1. The molecule has 1 saturated heterocycles. The molecular formula is C22H23F5O5. The third-order valence-corrected chi connectivity index (χ3v) is 4.53. The van der Waals surface area contributed by atoms with E-state index in [9.17, 15) is 32.2 Å².